The van der Waals surface area contributed by atoms with E-state index in [9.17, 15) is 9.59 Å². The van der Waals surface area contributed by atoms with Gasteiger partial charge in [0.2, 0.25) is 0 Å². The van der Waals surface area contributed by atoms with E-state index in [0.29, 0.717) is 36.0 Å². The van der Waals surface area contributed by atoms with Crippen molar-refractivity contribution in [2.24, 2.45) is 0 Å². The molecule has 2 heterocycles. The van der Waals surface area contributed by atoms with Gasteiger partial charge in [-0.1, -0.05) is 0 Å². The highest BCUT2D eigenvalue weighted by atomic mass is 16.6. The molecule has 7 nitrogen and oxygen atoms in total. The highest BCUT2D eigenvalue weighted by Gasteiger charge is 2.17. The Bertz CT molecular complexity index is 875. The fraction of sp³-hybridized carbons (Fsp3) is 0.364. The van der Waals surface area contributed by atoms with Crippen molar-refractivity contribution in [3.8, 4) is 11.5 Å². The zero-order valence-corrected chi connectivity index (χ0v) is 16.2. The van der Waals surface area contributed by atoms with Crippen molar-refractivity contribution in [3.63, 3.8) is 0 Å². The molecule has 0 spiro atoms. The van der Waals surface area contributed by atoms with E-state index < -0.39 is 5.97 Å². The minimum absolute atomic E-state index is 0.313. The minimum atomic E-state index is -0.586. The summed E-state index contributed by atoms with van der Waals surface area (Å²) >= 11 is 0. The van der Waals surface area contributed by atoms with Crippen molar-refractivity contribution in [2.45, 2.75) is 19.3 Å². The van der Waals surface area contributed by atoms with Gasteiger partial charge in [0.25, 0.3) is 5.91 Å². The highest BCUT2D eigenvalue weighted by molar-refractivity contribution is 5.95. The molecular weight excluding hydrogens is 372 g/mol. The van der Waals surface area contributed by atoms with E-state index in [2.05, 4.69) is 10.2 Å². The minimum Gasteiger partial charge on any atom is -0.486 e. The van der Waals surface area contributed by atoms with Crippen molar-refractivity contribution < 1.29 is 23.8 Å². The van der Waals surface area contributed by atoms with Gasteiger partial charge in [0.15, 0.2) is 18.1 Å². The van der Waals surface area contributed by atoms with Gasteiger partial charge in [-0.15, -0.1) is 0 Å². The summed E-state index contributed by atoms with van der Waals surface area (Å²) in [5.41, 5.74) is 2.15. The molecule has 152 valence electrons. The fourth-order valence-electron chi connectivity index (χ4n) is 3.49. The summed E-state index contributed by atoms with van der Waals surface area (Å²) in [5, 5.41) is 2.75. The molecule has 29 heavy (non-hydrogen) atoms. The summed E-state index contributed by atoms with van der Waals surface area (Å²) in [6.07, 6.45) is 3.72. The molecule has 1 saturated heterocycles. The van der Waals surface area contributed by atoms with E-state index in [0.717, 1.165) is 18.8 Å². The quantitative estimate of drug-likeness (QED) is 0.782. The Hall–Kier alpha value is -3.22. The van der Waals surface area contributed by atoms with Gasteiger partial charge in [0.1, 0.15) is 13.2 Å². The molecule has 1 N–H and O–H groups in total. The van der Waals surface area contributed by atoms with Crippen LogP contribution in [0.2, 0.25) is 0 Å². The second kappa shape index (κ2) is 8.86. The molecule has 7 heteroatoms. The van der Waals surface area contributed by atoms with Crippen LogP contribution in [0.15, 0.2) is 42.5 Å². The first-order chi connectivity index (χ1) is 14.2. The molecule has 2 aromatic rings. The SMILES string of the molecule is O=C(COC(=O)c1ccc2c(c1)OCCO2)Nc1ccc(N2CCCCC2)cc1. The van der Waals surface area contributed by atoms with Crippen molar-refractivity contribution in [1.82, 2.24) is 0 Å². The normalized spacial score (nSPS) is 15.5. The number of fused-ring (bicyclic) bond motifs is 1. The van der Waals surface area contributed by atoms with Crippen LogP contribution in [0.3, 0.4) is 0 Å². The second-order valence-electron chi connectivity index (χ2n) is 7.08. The maximum absolute atomic E-state index is 12.2. The van der Waals surface area contributed by atoms with E-state index in [1.54, 1.807) is 18.2 Å². The first kappa shape index (κ1) is 19.1. The van der Waals surface area contributed by atoms with Gasteiger partial charge in [-0.05, 0) is 61.7 Å². The summed E-state index contributed by atoms with van der Waals surface area (Å²) in [6.45, 7) is 2.70. The van der Waals surface area contributed by atoms with Crippen LogP contribution in [-0.2, 0) is 9.53 Å². The fourth-order valence-corrected chi connectivity index (χ4v) is 3.49. The number of esters is 1. The number of carbonyl (C=O) groups is 2. The Kier molecular flexibility index (Phi) is 5.84. The lowest BCUT2D eigenvalue weighted by atomic mass is 10.1. The number of hydrogen-bond donors (Lipinski definition) is 1. The van der Waals surface area contributed by atoms with E-state index in [-0.39, 0.29) is 12.5 Å². The number of rotatable bonds is 5. The second-order valence-corrected chi connectivity index (χ2v) is 7.08. The third-order valence-corrected chi connectivity index (χ3v) is 4.98. The molecule has 0 aliphatic carbocycles. The van der Waals surface area contributed by atoms with Crippen LogP contribution in [0.25, 0.3) is 0 Å². The summed E-state index contributed by atoms with van der Waals surface area (Å²) in [7, 11) is 0. The van der Waals surface area contributed by atoms with Crippen molar-refractivity contribution in [3.05, 3.63) is 48.0 Å². The number of benzene rings is 2. The zero-order valence-electron chi connectivity index (χ0n) is 16.2. The molecule has 2 aliphatic heterocycles. The first-order valence-electron chi connectivity index (χ1n) is 9.91. The predicted octanol–water partition coefficient (Wildman–Crippen LogP) is 3.24. The first-order valence-corrected chi connectivity index (χ1v) is 9.91. The molecule has 0 aromatic heterocycles. The van der Waals surface area contributed by atoms with Crippen LogP contribution in [-0.4, -0.2) is 44.8 Å². The maximum Gasteiger partial charge on any atom is 0.338 e. The molecule has 2 aliphatic rings. The van der Waals surface area contributed by atoms with Crippen molar-refractivity contribution in [2.75, 3.05) is 43.1 Å². The lowest BCUT2D eigenvalue weighted by Gasteiger charge is -2.28. The van der Waals surface area contributed by atoms with Gasteiger partial charge in [0.05, 0.1) is 5.56 Å². The van der Waals surface area contributed by atoms with Gasteiger partial charge in [-0.25, -0.2) is 4.79 Å². The Labute approximate surface area is 169 Å². The van der Waals surface area contributed by atoms with Gasteiger partial charge in [-0.2, -0.15) is 0 Å². The molecular formula is C22H24N2O5. The number of nitrogens with zero attached hydrogens (tertiary/aromatic N) is 1. The molecule has 1 amide bonds. The number of nitrogens with one attached hydrogen (secondary N) is 1. The Morgan fingerprint density at radius 2 is 1.66 bits per heavy atom. The molecule has 0 atom stereocenters. The van der Waals surface area contributed by atoms with E-state index in [4.69, 9.17) is 14.2 Å². The highest BCUT2D eigenvalue weighted by Crippen LogP contribution is 2.31. The van der Waals surface area contributed by atoms with Gasteiger partial charge < -0.3 is 24.4 Å². The Morgan fingerprint density at radius 3 is 2.41 bits per heavy atom. The van der Waals surface area contributed by atoms with Crippen LogP contribution >= 0.6 is 0 Å². The molecule has 4 rings (SSSR count). The summed E-state index contributed by atoms with van der Waals surface area (Å²) < 4.78 is 16.0. The summed E-state index contributed by atoms with van der Waals surface area (Å²) in [6, 6.07) is 12.6. The predicted molar refractivity (Wildman–Crippen MR) is 109 cm³/mol. The third kappa shape index (κ3) is 4.80. The molecule has 0 saturated carbocycles. The number of amides is 1. The number of carbonyl (C=O) groups excluding carboxylic acids is 2. The third-order valence-electron chi connectivity index (χ3n) is 4.98. The zero-order chi connectivity index (χ0) is 20.1. The maximum atomic E-state index is 12.2. The van der Waals surface area contributed by atoms with Crippen LogP contribution in [0, 0.1) is 0 Å². The van der Waals surface area contributed by atoms with Crippen LogP contribution in [0.4, 0.5) is 11.4 Å². The van der Waals surface area contributed by atoms with Crippen molar-refractivity contribution >= 4 is 23.3 Å². The number of ether oxygens (including phenoxy) is 3. The standard InChI is InChI=1S/C22H24N2O5/c25-21(23-17-5-7-18(8-6-17)24-10-2-1-3-11-24)15-29-22(26)16-4-9-19-20(14-16)28-13-12-27-19/h4-9,14H,1-3,10-13,15H2,(H,23,25). The van der Waals surface area contributed by atoms with Crippen LogP contribution < -0.4 is 19.7 Å². The Balaban J connectivity index is 1.28. The summed E-state index contributed by atoms with van der Waals surface area (Å²) in [5.74, 6) is 0.127. The monoisotopic (exact) mass is 396 g/mol. The number of hydrogen-bond acceptors (Lipinski definition) is 6. The lowest BCUT2D eigenvalue weighted by Crippen LogP contribution is -2.29. The van der Waals surface area contributed by atoms with E-state index >= 15 is 0 Å². The topological polar surface area (TPSA) is 77.1 Å². The average Bonchev–Trinajstić information content (AvgIpc) is 2.78. The molecule has 0 unspecified atom stereocenters. The van der Waals surface area contributed by atoms with Crippen LogP contribution in [0.1, 0.15) is 29.6 Å². The molecule has 2 aromatic carbocycles. The molecule has 1 fully saturated rings. The molecule has 0 radical (unpaired) electrons. The van der Waals surface area contributed by atoms with Crippen LogP contribution in [0.5, 0.6) is 11.5 Å². The van der Waals surface area contributed by atoms with Gasteiger partial charge in [0, 0.05) is 24.5 Å². The van der Waals surface area contributed by atoms with E-state index in [1.165, 1.54) is 19.3 Å². The molecule has 0 bridgehead atoms. The number of anilines is 2. The van der Waals surface area contributed by atoms with Gasteiger partial charge >= 0.3 is 5.97 Å². The Morgan fingerprint density at radius 1 is 0.931 bits per heavy atom. The lowest BCUT2D eigenvalue weighted by molar-refractivity contribution is -0.119. The smallest absolute Gasteiger partial charge is 0.338 e. The largest absolute Gasteiger partial charge is 0.486 e. The summed E-state index contributed by atoms with van der Waals surface area (Å²) in [4.78, 5) is 26.7. The average molecular weight is 396 g/mol. The number of piperidine rings is 1. The van der Waals surface area contributed by atoms with Gasteiger partial charge in [-0.3, -0.25) is 4.79 Å². The van der Waals surface area contributed by atoms with E-state index in [1.807, 2.05) is 24.3 Å². The van der Waals surface area contributed by atoms with Crippen molar-refractivity contribution in [1.29, 1.82) is 0 Å².